The van der Waals surface area contributed by atoms with Crippen molar-refractivity contribution >= 4 is 0 Å². The smallest absolute Gasteiger partial charge is 0.119 e. The van der Waals surface area contributed by atoms with Crippen molar-refractivity contribution in [3.05, 3.63) is 30.3 Å². The molecule has 2 fully saturated rings. The molecule has 2 nitrogen and oxygen atoms in total. The summed E-state index contributed by atoms with van der Waals surface area (Å²) in [6.07, 6.45) is 8.34. The van der Waals surface area contributed by atoms with Crippen LogP contribution < -0.4 is 10.1 Å². The molecule has 1 aromatic rings. The minimum Gasteiger partial charge on any atom is -0.494 e. The van der Waals surface area contributed by atoms with Gasteiger partial charge in [-0.2, -0.15) is 0 Å². The SMILES string of the molecule is c1ccc(OCCCC2(C3CCCC3)CNC2)cc1. The Balaban J connectivity index is 1.43. The van der Waals surface area contributed by atoms with Gasteiger partial charge in [-0.05, 0) is 49.1 Å². The van der Waals surface area contributed by atoms with Gasteiger partial charge in [0.15, 0.2) is 0 Å². The van der Waals surface area contributed by atoms with Crippen LogP contribution in [0.3, 0.4) is 0 Å². The predicted molar refractivity (Wildman–Crippen MR) is 78.4 cm³/mol. The zero-order valence-corrected chi connectivity index (χ0v) is 11.7. The van der Waals surface area contributed by atoms with Crippen LogP contribution in [-0.2, 0) is 0 Å². The molecule has 0 amide bonds. The highest BCUT2D eigenvalue weighted by Crippen LogP contribution is 2.45. The Morgan fingerprint density at radius 1 is 1.11 bits per heavy atom. The van der Waals surface area contributed by atoms with Gasteiger partial charge in [-0.1, -0.05) is 31.0 Å². The number of rotatable bonds is 6. The molecule has 1 aromatic carbocycles. The molecular formula is C17H25NO. The second kappa shape index (κ2) is 5.96. The average molecular weight is 259 g/mol. The molecule has 0 aromatic heterocycles. The van der Waals surface area contributed by atoms with Gasteiger partial charge in [0.2, 0.25) is 0 Å². The fourth-order valence-electron chi connectivity index (χ4n) is 3.78. The van der Waals surface area contributed by atoms with Gasteiger partial charge in [0, 0.05) is 13.1 Å². The largest absolute Gasteiger partial charge is 0.494 e. The maximum absolute atomic E-state index is 5.81. The standard InChI is InChI=1S/C17H25NO/c1-2-9-16(10-3-1)19-12-6-11-17(13-18-14-17)15-7-4-5-8-15/h1-3,9-10,15,18H,4-8,11-14H2. The molecule has 1 aliphatic heterocycles. The van der Waals surface area contributed by atoms with Crippen LogP contribution in [0, 0.1) is 11.3 Å². The van der Waals surface area contributed by atoms with Crippen LogP contribution in [0.5, 0.6) is 5.75 Å². The summed E-state index contributed by atoms with van der Waals surface area (Å²) in [5.41, 5.74) is 0.608. The van der Waals surface area contributed by atoms with Crippen LogP contribution in [0.25, 0.3) is 0 Å². The molecule has 1 aliphatic carbocycles. The number of benzene rings is 1. The van der Waals surface area contributed by atoms with Gasteiger partial charge in [-0.25, -0.2) is 0 Å². The van der Waals surface area contributed by atoms with Crippen molar-refractivity contribution in [2.45, 2.75) is 38.5 Å². The van der Waals surface area contributed by atoms with E-state index in [1.807, 2.05) is 30.3 Å². The third-order valence-corrected chi connectivity index (χ3v) is 5.01. The third kappa shape index (κ3) is 2.94. The van der Waals surface area contributed by atoms with Crippen LogP contribution in [0.1, 0.15) is 38.5 Å². The van der Waals surface area contributed by atoms with Crippen LogP contribution >= 0.6 is 0 Å². The Morgan fingerprint density at radius 3 is 2.47 bits per heavy atom. The number of hydrogen-bond acceptors (Lipinski definition) is 2. The first kappa shape index (κ1) is 13.0. The molecule has 1 N–H and O–H groups in total. The molecule has 1 saturated heterocycles. The van der Waals surface area contributed by atoms with Crippen molar-refractivity contribution in [3.8, 4) is 5.75 Å². The highest BCUT2D eigenvalue weighted by Gasteiger charge is 2.44. The lowest BCUT2D eigenvalue weighted by atomic mass is 9.67. The quantitative estimate of drug-likeness (QED) is 0.788. The molecule has 19 heavy (non-hydrogen) atoms. The van der Waals surface area contributed by atoms with Crippen molar-refractivity contribution in [2.24, 2.45) is 11.3 Å². The molecule has 2 aliphatic rings. The first-order valence-electron chi connectivity index (χ1n) is 7.78. The van der Waals surface area contributed by atoms with Crippen molar-refractivity contribution in [3.63, 3.8) is 0 Å². The van der Waals surface area contributed by atoms with E-state index < -0.39 is 0 Å². The summed E-state index contributed by atoms with van der Waals surface area (Å²) in [6.45, 7) is 3.34. The summed E-state index contributed by atoms with van der Waals surface area (Å²) in [7, 11) is 0. The summed E-state index contributed by atoms with van der Waals surface area (Å²) in [5, 5.41) is 3.50. The molecule has 3 rings (SSSR count). The van der Waals surface area contributed by atoms with Gasteiger partial charge in [-0.3, -0.25) is 0 Å². The highest BCUT2D eigenvalue weighted by molar-refractivity contribution is 5.20. The summed E-state index contributed by atoms with van der Waals surface area (Å²) in [5.74, 6) is 1.98. The van der Waals surface area contributed by atoms with Gasteiger partial charge in [0.25, 0.3) is 0 Å². The number of nitrogens with one attached hydrogen (secondary N) is 1. The summed E-state index contributed by atoms with van der Waals surface area (Å²) in [6, 6.07) is 10.2. The predicted octanol–water partition coefficient (Wildman–Crippen LogP) is 3.63. The molecule has 2 heteroatoms. The topological polar surface area (TPSA) is 21.3 Å². The number of para-hydroxylation sites is 1. The second-order valence-corrected chi connectivity index (χ2v) is 6.21. The van der Waals surface area contributed by atoms with E-state index in [9.17, 15) is 0 Å². The van der Waals surface area contributed by atoms with E-state index in [-0.39, 0.29) is 0 Å². The van der Waals surface area contributed by atoms with Gasteiger partial charge in [0.1, 0.15) is 5.75 Å². The fourth-order valence-corrected chi connectivity index (χ4v) is 3.78. The molecule has 0 radical (unpaired) electrons. The van der Waals surface area contributed by atoms with Gasteiger partial charge >= 0.3 is 0 Å². The molecule has 1 saturated carbocycles. The van der Waals surface area contributed by atoms with E-state index in [1.165, 1.54) is 51.6 Å². The lowest BCUT2D eigenvalue weighted by Gasteiger charge is -2.47. The van der Waals surface area contributed by atoms with E-state index in [4.69, 9.17) is 4.74 Å². The first-order valence-corrected chi connectivity index (χ1v) is 7.78. The first-order chi connectivity index (χ1) is 9.39. The van der Waals surface area contributed by atoms with Gasteiger partial charge < -0.3 is 10.1 Å². The van der Waals surface area contributed by atoms with Crippen molar-refractivity contribution in [1.82, 2.24) is 5.32 Å². The molecule has 0 spiro atoms. The zero-order valence-electron chi connectivity index (χ0n) is 11.7. The monoisotopic (exact) mass is 259 g/mol. The maximum Gasteiger partial charge on any atom is 0.119 e. The lowest BCUT2D eigenvalue weighted by Crippen LogP contribution is -2.57. The second-order valence-electron chi connectivity index (χ2n) is 6.21. The van der Waals surface area contributed by atoms with Crippen LogP contribution in [-0.4, -0.2) is 19.7 Å². The van der Waals surface area contributed by atoms with E-state index in [0.717, 1.165) is 18.3 Å². The summed E-state index contributed by atoms with van der Waals surface area (Å²) < 4.78 is 5.81. The Kier molecular flexibility index (Phi) is 4.07. The molecular weight excluding hydrogens is 234 g/mol. The fraction of sp³-hybridized carbons (Fsp3) is 0.647. The Labute approximate surface area is 116 Å². The minimum absolute atomic E-state index is 0.608. The van der Waals surface area contributed by atoms with Crippen molar-refractivity contribution < 1.29 is 4.74 Å². The van der Waals surface area contributed by atoms with E-state index in [0.29, 0.717) is 5.41 Å². The number of hydrogen-bond donors (Lipinski definition) is 1. The zero-order chi connectivity index (χ0) is 13.0. The molecule has 1 heterocycles. The van der Waals surface area contributed by atoms with E-state index >= 15 is 0 Å². The average Bonchev–Trinajstić information content (AvgIpc) is 2.92. The summed E-state index contributed by atoms with van der Waals surface area (Å²) >= 11 is 0. The Bertz CT molecular complexity index is 380. The van der Waals surface area contributed by atoms with Crippen LogP contribution in [0.4, 0.5) is 0 Å². The molecule has 0 bridgehead atoms. The Hall–Kier alpha value is -1.02. The lowest BCUT2D eigenvalue weighted by molar-refractivity contribution is 0.0622. The van der Waals surface area contributed by atoms with Crippen molar-refractivity contribution in [2.75, 3.05) is 19.7 Å². The van der Waals surface area contributed by atoms with E-state index in [2.05, 4.69) is 5.32 Å². The summed E-state index contributed by atoms with van der Waals surface area (Å²) in [4.78, 5) is 0. The maximum atomic E-state index is 5.81. The Morgan fingerprint density at radius 2 is 1.84 bits per heavy atom. The molecule has 0 unspecified atom stereocenters. The normalized spacial score (nSPS) is 22.1. The van der Waals surface area contributed by atoms with Gasteiger partial charge in [0.05, 0.1) is 6.61 Å². The van der Waals surface area contributed by atoms with E-state index in [1.54, 1.807) is 0 Å². The molecule has 104 valence electrons. The van der Waals surface area contributed by atoms with Gasteiger partial charge in [-0.15, -0.1) is 0 Å². The third-order valence-electron chi connectivity index (χ3n) is 5.01. The minimum atomic E-state index is 0.608. The van der Waals surface area contributed by atoms with Crippen LogP contribution in [0.2, 0.25) is 0 Å². The number of ether oxygens (including phenoxy) is 1. The van der Waals surface area contributed by atoms with Crippen LogP contribution in [0.15, 0.2) is 30.3 Å². The highest BCUT2D eigenvalue weighted by atomic mass is 16.5. The van der Waals surface area contributed by atoms with Crippen molar-refractivity contribution in [1.29, 1.82) is 0 Å². The molecule has 0 atom stereocenters.